The van der Waals surface area contributed by atoms with Crippen LogP contribution in [-0.2, 0) is 5.41 Å². The van der Waals surface area contributed by atoms with E-state index < -0.39 is 0 Å². The van der Waals surface area contributed by atoms with Gasteiger partial charge in [-0.2, -0.15) is 0 Å². The summed E-state index contributed by atoms with van der Waals surface area (Å²) >= 11 is 0. The van der Waals surface area contributed by atoms with E-state index in [0.29, 0.717) is 5.54 Å². The van der Waals surface area contributed by atoms with E-state index >= 15 is 0 Å². The summed E-state index contributed by atoms with van der Waals surface area (Å²) in [7, 11) is 0. The first-order chi connectivity index (χ1) is 10.3. The number of hydrogen-bond acceptors (Lipinski definition) is 2. The Kier molecular flexibility index (Phi) is 3.76. The molecule has 0 bridgehead atoms. The minimum Gasteiger partial charge on any atom is -0.335 e. The van der Waals surface area contributed by atoms with Gasteiger partial charge < -0.3 is 5.32 Å². The summed E-state index contributed by atoms with van der Waals surface area (Å²) in [6, 6.07) is 5.76. The van der Waals surface area contributed by atoms with E-state index in [1.54, 1.807) is 12.1 Å². The Hall–Kier alpha value is -1.42. The molecule has 2 N–H and O–H groups in total. The summed E-state index contributed by atoms with van der Waals surface area (Å²) in [5.74, 6) is 0. The molecular weight excluding hydrogens is 276 g/mol. The number of nitro groups is 1. The van der Waals surface area contributed by atoms with Gasteiger partial charge in [0.15, 0.2) is 0 Å². The molecule has 0 aromatic heterocycles. The van der Waals surface area contributed by atoms with Crippen molar-refractivity contribution in [3.8, 4) is 0 Å². The first kappa shape index (κ1) is 15.5. The molecule has 1 aromatic rings. The number of non-ortho nitro benzene ring substituents is 1. The number of fused-ring (bicyclic) bond motifs is 1. The number of nitrogens with two attached hydrogens (primary N) is 1. The number of nitrogens with zero attached hydrogens (tertiary/aromatic N) is 1. The first-order valence-corrected chi connectivity index (χ1v) is 8.48. The van der Waals surface area contributed by atoms with Crippen LogP contribution in [0.5, 0.6) is 0 Å². The Bertz CT molecular complexity index is 589. The molecule has 1 aliphatic heterocycles. The number of nitro benzene ring substituents is 1. The van der Waals surface area contributed by atoms with Crippen molar-refractivity contribution in [1.29, 1.82) is 0 Å². The molecule has 120 valence electrons. The third kappa shape index (κ3) is 2.65. The summed E-state index contributed by atoms with van der Waals surface area (Å²) in [4.78, 5) is 10.9. The molecule has 1 saturated carbocycles. The largest absolute Gasteiger partial charge is 0.335 e. The zero-order valence-corrected chi connectivity index (χ0v) is 13.9. The molecule has 1 spiro atoms. The minimum absolute atomic E-state index is 0.0725. The van der Waals surface area contributed by atoms with Crippen molar-refractivity contribution in [1.82, 2.24) is 0 Å². The van der Waals surface area contributed by atoms with Gasteiger partial charge in [0.25, 0.3) is 5.69 Å². The number of hydrogen-bond donors (Lipinski definition) is 1. The van der Waals surface area contributed by atoms with E-state index in [9.17, 15) is 10.1 Å². The maximum atomic E-state index is 11.1. The predicted molar refractivity (Wildman–Crippen MR) is 86.9 cm³/mol. The van der Waals surface area contributed by atoms with Crippen LogP contribution < -0.4 is 5.32 Å². The lowest BCUT2D eigenvalue weighted by Crippen LogP contribution is -2.97. The topological polar surface area (TPSA) is 59.8 Å². The molecule has 0 radical (unpaired) electrons. The summed E-state index contributed by atoms with van der Waals surface area (Å²) in [6.45, 7) is 6.82. The van der Waals surface area contributed by atoms with Crippen molar-refractivity contribution in [3.63, 3.8) is 0 Å². The molecular formula is C18H27N2O2+. The average molecular weight is 303 g/mol. The number of rotatable bonds is 1. The van der Waals surface area contributed by atoms with Crippen molar-refractivity contribution in [2.75, 3.05) is 0 Å². The van der Waals surface area contributed by atoms with Gasteiger partial charge in [-0.25, -0.2) is 0 Å². The van der Waals surface area contributed by atoms with E-state index in [2.05, 4.69) is 26.1 Å². The van der Waals surface area contributed by atoms with Crippen LogP contribution in [0.15, 0.2) is 18.2 Å². The Balaban J connectivity index is 2.06. The molecule has 1 fully saturated rings. The van der Waals surface area contributed by atoms with Gasteiger partial charge in [-0.1, -0.05) is 26.3 Å². The highest BCUT2D eigenvalue weighted by Crippen LogP contribution is 2.43. The van der Waals surface area contributed by atoms with Crippen molar-refractivity contribution in [2.45, 2.75) is 76.3 Å². The summed E-state index contributed by atoms with van der Waals surface area (Å²) in [6.07, 6.45) is 7.69. The lowest BCUT2D eigenvalue weighted by atomic mass is 9.69. The fourth-order valence-corrected chi connectivity index (χ4v) is 4.91. The Morgan fingerprint density at radius 3 is 2.55 bits per heavy atom. The maximum absolute atomic E-state index is 11.1. The van der Waals surface area contributed by atoms with Gasteiger partial charge in [-0.05, 0) is 30.7 Å². The van der Waals surface area contributed by atoms with Crippen LogP contribution in [0, 0.1) is 10.1 Å². The zero-order chi connectivity index (χ0) is 16.0. The highest BCUT2D eigenvalue weighted by Gasteiger charge is 2.46. The SMILES string of the molecule is C[C@H]1[NH2+]C2(CCCCC2)CC(C)(C)c2ccc([N+](=O)[O-])cc21. The maximum Gasteiger partial charge on any atom is 0.269 e. The molecule has 1 aromatic carbocycles. The highest BCUT2D eigenvalue weighted by atomic mass is 16.6. The molecule has 1 heterocycles. The van der Waals surface area contributed by atoms with Crippen molar-refractivity contribution in [2.24, 2.45) is 0 Å². The average Bonchev–Trinajstić information content (AvgIpc) is 2.53. The van der Waals surface area contributed by atoms with Crippen LogP contribution in [0.3, 0.4) is 0 Å². The highest BCUT2D eigenvalue weighted by molar-refractivity contribution is 5.44. The first-order valence-electron chi connectivity index (χ1n) is 8.48. The van der Waals surface area contributed by atoms with Gasteiger partial charge in [0.2, 0.25) is 0 Å². The fraction of sp³-hybridized carbons (Fsp3) is 0.667. The Morgan fingerprint density at radius 1 is 1.23 bits per heavy atom. The fourth-order valence-electron chi connectivity index (χ4n) is 4.91. The second kappa shape index (κ2) is 5.34. The van der Waals surface area contributed by atoms with Gasteiger partial charge in [0, 0.05) is 37.0 Å². The molecule has 2 aliphatic rings. The molecule has 4 nitrogen and oxygen atoms in total. The molecule has 1 atom stereocenters. The van der Waals surface area contributed by atoms with E-state index in [-0.39, 0.29) is 22.1 Å². The Labute approximate surface area is 132 Å². The van der Waals surface area contributed by atoms with Crippen molar-refractivity contribution < 1.29 is 10.2 Å². The molecule has 4 heteroatoms. The van der Waals surface area contributed by atoms with Gasteiger partial charge in [0.05, 0.1) is 10.5 Å². The third-order valence-electron chi connectivity index (χ3n) is 5.71. The van der Waals surface area contributed by atoms with Gasteiger partial charge >= 0.3 is 0 Å². The summed E-state index contributed by atoms with van der Waals surface area (Å²) < 4.78 is 0. The van der Waals surface area contributed by atoms with Gasteiger partial charge in [0.1, 0.15) is 6.04 Å². The zero-order valence-electron chi connectivity index (χ0n) is 13.9. The standard InChI is InChI=1S/C18H26N2O2/c1-13-15-11-14(20(21)22)7-8-16(15)17(2,3)12-18(19-13)9-5-4-6-10-18/h7-8,11,13,19H,4-6,9-10,12H2,1-3H3/p+1/t13-/m1/s1. The van der Waals surface area contributed by atoms with Crippen LogP contribution in [0.1, 0.15) is 76.5 Å². The lowest BCUT2D eigenvalue weighted by molar-refractivity contribution is -0.764. The third-order valence-corrected chi connectivity index (χ3v) is 5.71. The van der Waals surface area contributed by atoms with E-state index in [1.165, 1.54) is 37.7 Å². The van der Waals surface area contributed by atoms with Crippen LogP contribution in [0.4, 0.5) is 5.69 Å². The molecule has 0 saturated heterocycles. The number of benzene rings is 1. The number of quaternary nitrogens is 1. The monoisotopic (exact) mass is 303 g/mol. The van der Waals surface area contributed by atoms with Crippen LogP contribution in [0.2, 0.25) is 0 Å². The summed E-state index contributed by atoms with van der Waals surface area (Å²) in [5.41, 5.74) is 3.05. The molecule has 3 rings (SSSR count). The van der Waals surface area contributed by atoms with E-state index in [4.69, 9.17) is 0 Å². The van der Waals surface area contributed by atoms with Crippen LogP contribution in [-0.4, -0.2) is 10.5 Å². The van der Waals surface area contributed by atoms with Crippen LogP contribution >= 0.6 is 0 Å². The van der Waals surface area contributed by atoms with Gasteiger partial charge in [-0.3, -0.25) is 10.1 Å². The molecule has 0 amide bonds. The van der Waals surface area contributed by atoms with E-state index in [0.717, 1.165) is 12.0 Å². The van der Waals surface area contributed by atoms with Crippen molar-refractivity contribution >= 4 is 5.69 Å². The van der Waals surface area contributed by atoms with Crippen molar-refractivity contribution in [3.05, 3.63) is 39.4 Å². The predicted octanol–water partition coefficient (Wildman–Crippen LogP) is 3.60. The Morgan fingerprint density at radius 2 is 1.91 bits per heavy atom. The molecule has 0 unspecified atom stereocenters. The smallest absolute Gasteiger partial charge is 0.269 e. The molecule has 1 aliphatic carbocycles. The lowest BCUT2D eigenvalue weighted by Gasteiger charge is -2.39. The van der Waals surface area contributed by atoms with Gasteiger partial charge in [-0.15, -0.1) is 0 Å². The quantitative estimate of drug-likeness (QED) is 0.636. The minimum atomic E-state index is -0.277. The summed E-state index contributed by atoms with van der Waals surface area (Å²) in [5, 5.41) is 13.6. The van der Waals surface area contributed by atoms with E-state index in [1.807, 2.05) is 6.07 Å². The second-order valence-corrected chi connectivity index (χ2v) is 7.97. The normalized spacial score (nSPS) is 26.2. The van der Waals surface area contributed by atoms with Crippen LogP contribution in [0.25, 0.3) is 0 Å². The molecule has 22 heavy (non-hydrogen) atoms. The second-order valence-electron chi connectivity index (χ2n) is 7.97.